The zero-order chi connectivity index (χ0) is 48.4. The molecular formula is C50H60N6O12. The fraction of sp³-hybridized carbons (Fsp3) is 0.400. The minimum absolute atomic E-state index is 0.106. The summed E-state index contributed by atoms with van der Waals surface area (Å²) in [6.45, 7) is 9.16. The van der Waals surface area contributed by atoms with Gasteiger partial charge in [0.1, 0.15) is 36.1 Å². The van der Waals surface area contributed by atoms with Crippen LogP contribution in [0.5, 0.6) is 11.5 Å². The number of fused-ring (bicyclic) bond motifs is 2. The van der Waals surface area contributed by atoms with E-state index >= 15 is 0 Å². The second-order valence-electron chi connectivity index (χ2n) is 16.4. The lowest BCUT2D eigenvalue weighted by molar-refractivity contribution is -0.138. The fourth-order valence-corrected chi connectivity index (χ4v) is 7.89. The molecule has 3 aromatic heterocycles. The molecule has 0 amide bonds. The van der Waals surface area contributed by atoms with Gasteiger partial charge in [0.15, 0.2) is 0 Å². The number of pyridine rings is 3. The molecule has 0 aliphatic carbocycles. The summed E-state index contributed by atoms with van der Waals surface area (Å²) >= 11 is 0. The number of aromatic carboxylic acids is 2. The Hall–Kier alpha value is -6.38. The molecule has 362 valence electrons. The molecule has 6 rings (SSSR count). The number of nitrogens with zero attached hydrogens (tertiary/aromatic N) is 6. The smallest absolute Gasteiger partial charge is 0.354 e. The van der Waals surface area contributed by atoms with Crippen molar-refractivity contribution in [3.8, 4) is 33.8 Å². The highest BCUT2D eigenvalue weighted by Crippen LogP contribution is 2.30. The lowest BCUT2D eigenvalue weighted by atomic mass is 9.99. The van der Waals surface area contributed by atoms with E-state index in [0.29, 0.717) is 112 Å². The number of aliphatic hydroxyl groups excluding tert-OH is 1. The summed E-state index contributed by atoms with van der Waals surface area (Å²) in [4.78, 5) is 57.1. The molecule has 0 saturated carbocycles. The number of hydrogen-bond donors (Lipinski definition) is 4. The van der Waals surface area contributed by atoms with E-state index in [4.69, 9.17) is 28.7 Å². The monoisotopic (exact) mass is 936 g/mol. The van der Waals surface area contributed by atoms with Crippen molar-refractivity contribution in [3.63, 3.8) is 0 Å². The SMILES string of the molecule is COCCOCCOCCOc1ccc(-c2cc(CN3CCN(CC(=O)O)Cc4cccc(n4)CN(Cc4cc(-c5ccc(OCCO)cc5C)cc(C(=O)O)n4)CC3)nc(C(=O)O)c2)c(C)c1. The molecule has 4 heterocycles. The number of hydrogen-bond acceptors (Lipinski definition) is 15. The van der Waals surface area contributed by atoms with Crippen LogP contribution in [0, 0.1) is 13.8 Å². The van der Waals surface area contributed by atoms with Crippen molar-refractivity contribution in [2.45, 2.75) is 40.0 Å². The Morgan fingerprint density at radius 1 is 0.574 bits per heavy atom. The molecule has 2 bridgehead atoms. The number of benzene rings is 2. The molecule has 1 aliphatic heterocycles. The fourth-order valence-electron chi connectivity index (χ4n) is 7.89. The van der Waals surface area contributed by atoms with Gasteiger partial charge in [0.05, 0.1) is 69.0 Å². The van der Waals surface area contributed by atoms with E-state index < -0.39 is 17.9 Å². The van der Waals surface area contributed by atoms with Crippen molar-refractivity contribution in [2.24, 2.45) is 0 Å². The Bertz CT molecular complexity index is 2490. The molecule has 0 unspecified atom stereocenters. The molecule has 1 aliphatic rings. The van der Waals surface area contributed by atoms with Crippen molar-refractivity contribution in [1.29, 1.82) is 0 Å². The number of carbonyl (C=O) groups is 3. The summed E-state index contributed by atoms with van der Waals surface area (Å²) in [5, 5.41) is 39.5. The lowest BCUT2D eigenvalue weighted by Gasteiger charge is -2.30. The molecule has 68 heavy (non-hydrogen) atoms. The molecule has 0 saturated heterocycles. The summed E-state index contributed by atoms with van der Waals surface area (Å²) in [6.07, 6.45) is 0. The van der Waals surface area contributed by atoms with Crippen molar-refractivity contribution >= 4 is 17.9 Å². The van der Waals surface area contributed by atoms with Gasteiger partial charge in [-0.05, 0) is 108 Å². The van der Waals surface area contributed by atoms with Gasteiger partial charge in [0.2, 0.25) is 0 Å². The number of carboxylic acids is 3. The molecule has 18 heteroatoms. The van der Waals surface area contributed by atoms with Crippen LogP contribution in [0.2, 0.25) is 0 Å². The zero-order valence-electron chi connectivity index (χ0n) is 38.8. The first kappa shape index (κ1) is 51.0. The largest absolute Gasteiger partial charge is 0.491 e. The minimum Gasteiger partial charge on any atom is -0.491 e. The average molecular weight is 937 g/mol. The van der Waals surface area contributed by atoms with Gasteiger partial charge in [-0.3, -0.25) is 24.5 Å². The van der Waals surface area contributed by atoms with Gasteiger partial charge >= 0.3 is 17.9 Å². The van der Waals surface area contributed by atoms with Crippen molar-refractivity contribution in [2.75, 3.05) is 92.7 Å². The van der Waals surface area contributed by atoms with E-state index in [9.17, 15) is 34.8 Å². The lowest BCUT2D eigenvalue weighted by Crippen LogP contribution is -2.41. The molecule has 2 aromatic carbocycles. The summed E-state index contributed by atoms with van der Waals surface area (Å²) in [5.41, 5.74) is 6.95. The van der Waals surface area contributed by atoms with E-state index in [-0.39, 0.29) is 50.8 Å². The van der Waals surface area contributed by atoms with Gasteiger partial charge < -0.3 is 44.1 Å². The van der Waals surface area contributed by atoms with Gasteiger partial charge in [-0.15, -0.1) is 0 Å². The Balaban J connectivity index is 1.25. The first-order valence-corrected chi connectivity index (χ1v) is 22.4. The molecule has 0 radical (unpaired) electrons. The molecule has 18 nitrogen and oxygen atoms in total. The topological polar surface area (TPSA) is 227 Å². The first-order valence-electron chi connectivity index (χ1n) is 22.4. The van der Waals surface area contributed by atoms with Crippen LogP contribution in [0.3, 0.4) is 0 Å². The second kappa shape index (κ2) is 25.7. The number of aryl methyl sites for hydroxylation is 2. The van der Waals surface area contributed by atoms with E-state index in [1.165, 1.54) is 0 Å². The van der Waals surface area contributed by atoms with Crippen LogP contribution >= 0.6 is 0 Å². The van der Waals surface area contributed by atoms with Crippen LogP contribution in [0.25, 0.3) is 22.3 Å². The highest BCUT2D eigenvalue weighted by atomic mass is 16.6. The maximum Gasteiger partial charge on any atom is 0.354 e. The number of rotatable bonds is 23. The van der Waals surface area contributed by atoms with E-state index in [1.54, 1.807) is 25.3 Å². The molecule has 4 N–H and O–H groups in total. The minimum atomic E-state index is -1.17. The van der Waals surface area contributed by atoms with Gasteiger partial charge in [-0.2, -0.15) is 0 Å². The third-order valence-corrected chi connectivity index (χ3v) is 11.1. The van der Waals surface area contributed by atoms with E-state index in [1.807, 2.05) is 79.4 Å². The molecule has 0 spiro atoms. The van der Waals surface area contributed by atoms with Crippen molar-refractivity contribution in [3.05, 3.63) is 124 Å². The number of carboxylic acid groups (broad SMARTS) is 3. The highest BCUT2D eigenvalue weighted by molar-refractivity contribution is 5.88. The number of aromatic nitrogens is 3. The second-order valence-corrected chi connectivity index (χ2v) is 16.4. The molecule has 0 fully saturated rings. The summed E-state index contributed by atoms with van der Waals surface area (Å²) in [7, 11) is 1.62. The van der Waals surface area contributed by atoms with Crippen LogP contribution in [-0.4, -0.2) is 161 Å². The normalized spacial score (nSPS) is 13.9. The quantitative estimate of drug-likeness (QED) is 0.0629. The van der Waals surface area contributed by atoms with Gasteiger partial charge in [-0.1, -0.05) is 18.2 Å². The summed E-state index contributed by atoms with van der Waals surface area (Å²) in [6, 6.07) is 23.6. The van der Waals surface area contributed by atoms with Crippen LogP contribution in [0.4, 0.5) is 0 Å². The van der Waals surface area contributed by atoms with Crippen LogP contribution < -0.4 is 9.47 Å². The predicted octanol–water partition coefficient (Wildman–Crippen LogP) is 5.05. The van der Waals surface area contributed by atoms with Crippen LogP contribution in [0.15, 0.2) is 78.9 Å². The zero-order valence-corrected chi connectivity index (χ0v) is 38.8. The molecular weight excluding hydrogens is 877 g/mol. The van der Waals surface area contributed by atoms with Gasteiger partial charge in [-0.25, -0.2) is 19.6 Å². The van der Waals surface area contributed by atoms with E-state index in [2.05, 4.69) is 19.8 Å². The predicted molar refractivity (Wildman–Crippen MR) is 251 cm³/mol. The number of ether oxygens (including phenoxy) is 5. The Kier molecular flexibility index (Phi) is 19.3. The highest BCUT2D eigenvalue weighted by Gasteiger charge is 2.21. The number of methoxy groups -OCH3 is 1. The standard InChI is InChI=1S/C50H60N6O12/c1-34-23-42(67-16-15-57)7-9-44(34)37-26-41(53-47(28-37)50(62)63)32-55-13-11-54(12-14-56(33-48(58)59)30-39-6-4-5-38(29-55)51-39)31-40-25-36(27-46(52-40)49(60)61)45-10-8-43(24-35(45)2)68-22-21-66-20-19-65-18-17-64-3/h4-10,23-28,57H,11-22,29-33H2,1-3H3,(H,58,59)(H,60,61)(H,62,63). The Morgan fingerprint density at radius 2 is 1.06 bits per heavy atom. The van der Waals surface area contributed by atoms with Crippen molar-refractivity contribution < 1.29 is 58.5 Å². The van der Waals surface area contributed by atoms with Crippen LogP contribution in [-0.2, 0) is 45.2 Å². The van der Waals surface area contributed by atoms with Crippen LogP contribution in [0.1, 0.15) is 54.9 Å². The third kappa shape index (κ3) is 15.6. The summed E-state index contributed by atoms with van der Waals surface area (Å²) < 4.78 is 27.5. The maximum atomic E-state index is 12.5. The number of aliphatic hydroxyl groups is 1. The number of aliphatic carboxylic acids is 1. The van der Waals surface area contributed by atoms with Gasteiger partial charge in [0.25, 0.3) is 0 Å². The Morgan fingerprint density at radius 3 is 1.57 bits per heavy atom. The van der Waals surface area contributed by atoms with Gasteiger partial charge in [0, 0.05) is 59.5 Å². The average Bonchev–Trinajstić information content (AvgIpc) is 3.30. The third-order valence-electron chi connectivity index (χ3n) is 11.1. The van der Waals surface area contributed by atoms with Crippen molar-refractivity contribution in [1.82, 2.24) is 29.7 Å². The Labute approximate surface area is 395 Å². The summed E-state index contributed by atoms with van der Waals surface area (Å²) in [5.74, 6) is -2.08. The van der Waals surface area contributed by atoms with E-state index in [0.717, 1.165) is 27.9 Å². The maximum absolute atomic E-state index is 12.5. The molecule has 5 aromatic rings. The first-order chi connectivity index (χ1) is 32.9. The molecule has 0 atom stereocenters.